The van der Waals surface area contributed by atoms with Crippen LogP contribution in [0.3, 0.4) is 0 Å². The third kappa shape index (κ3) is 2.43. The van der Waals surface area contributed by atoms with Crippen LogP contribution in [0.2, 0.25) is 5.02 Å². The van der Waals surface area contributed by atoms with E-state index in [0.29, 0.717) is 10.6 Å². The molecule has 18 heavy (non-hydrogen) atoms. The molecule has 0 unspecified atom stereocenters. The van der Waals surface area contributed by atoms with Gasteiger partial charge in [-0.25, -0.2) is 4.79 Å². The summed E-state index contributed by atoms with van der Waals surface area (Å²) in [6, 6.07) is 8.10. The van der Waals surface area contributed by atoms with Crippen LogP contribution in [0, 0.1) is 0 Å². The van der Waals surface area contributed by atoms with Gasteiger partial charge in [0.2, 0.25) is 5.56 Å². The summed E-state index contributed by atoms with van der Waals surface area (Å²) in [5, 5.41) is 0.311. The summed E-state index contributed by atoms with van der Waals surface area (Å²) in [5.74, 6) is -0.479. The Hall–Kier alpha value is -2.07. The Balaban J connectivity index is 2.43. The van der Waals surface area contributed by atoms with E-state index in [2.05, 4.69) is 9.72 Å². The summed E-state index contributed by atoms with van der Waals surface area (Å²) in [6.45, 7) is 0. The fourth-order valence-corrected chi connectivity index (χ4v) is 1.82. The smallest absolute Gasteiger partial charge is 0.339 e. The Kier molecular flexibility index (Phi) is 3.48. The number of rotatable bonds is 2. The fourth-order valence-electron chi connectivity index (χ4n) is 1.56. The van der Waals surface area contributed by atoms with Crippen molar-refractivity contribution >= 4 is 17.6 Å². The molecule has 0 fully saturated rings. The van der Waals surface area contributed by atoms with Gasteiger partial charge in [-0.05, 0) is 29.3 Å². The summed E-state index contributed by atoms with van der Waals surface area (Å²) >= 11 is 6.01. The molecule has 1 aromatic heterocycles. The van der Waals surface area contributed by atoms with E-state index in [4.69, 9.17) is 11.6 Å². The number of esters is 1. The van der Waals surface area contributed by atoms with Gasteiger partial charge < -0.3 is 9.72 Å². The number of nitrogens with one attached hydrogen (secondary N) is 1. The highest BCUT2D eigenvalue weighted by Gasteiger charge is 2.11. The van der Waals surface area contributed by atoms with Gasteiger partial charge >= 0.3 is 5.97 Å². The molecule has 0 saturated carbocycles. The molecule has 0 aliphatic carbocycles. The molecule has 0 aliphatic rings. The average Bonchev–Trinajstić information content (AvgIpc) is 2.38. The molecular weight excluding hydrogens is 254 g/mol. The summed E-state index contributed by atoms with van der Waals surface area (Å²) in [6.07, 6.45) is 1.59. The molecular formula is C13H10ClNO3. The van der Waals surface area contributed by atoms with E-state index in [9.17, 15) is 9.59 Å². The van der Waals surface area contributed by atoms with Gasteiger partial charge in [-0.15, -0.1) is 0 Å². The number of carbonyl (C=O) groups is 1. The van der Waals surface area contributed by atoms with Crippen LogP contribution in [0.15, 0.2) is 41.3 Å². The molecule has 0 saturated heterocycles. The Morgan fingerprint density at radius 1 is 1.22 bits per heavy atom. The molecule has 0 spiro atoms. The van der Waals surface area contributed by atoms with Crippen molar-refractivity contribution in [2.24, 2.45) is 0 Å². The number of methoxy groups -OCH3 is 1. The van der Waals surface area contributed by atoms with Crippen molar-refractivity contribution in [3.05, 3.63) is 57.5 Å². The van der Waals surface area contributed by atoms with Gasteiger partial charge in [0.25, 0.3) is 0 Å². The van der Waals surface area contributed by atoms with Gasteiger partial charge in [-0.1, -0.05) is 17.7 Å². The van der Waals surface area contributed by atoms with Crippen LogP contribution >= 0.6 is 11.6 Å². The lowest BCUT2D eigenvalue weighted by atomic mass is 10.1. The standard InChI is InChI=1S/C13H10ClNO3/c1-18-13(17)10-4-2-8(6-11(10)14)9-3-5-12(16)15-7-9/h2-7H,1H3,(H,15,16). The van der Waals surface area contributed by atoms with Crippen LogP contribution in [0.1, 0.15) is 10.4 Å². The van der Waals surface area contributed by atoms with Crippen LogP contribution in [-0.4, -0.2) is 18.1 Å². The zero-order chi connectivity index (χ0) is 13.1. The largest absolute Gasteiger partial charge is 0.465 e. The van der Waals surface area contributed by atoms with E-state index in [0.717, 1.165) is 11.1 Å². The number of ether oxygens (including phenoxy) is 1. The van der Waals surface area contributed by atoms with Crippen LogP contribution in [0.5, 0.6) is 0 Å². The predicted octanol–water partition coefficient (Wildman–Crippen LogP) is 2.48. The maximum absolute atomic E-state index is 11.4. The van der Waals surface area contributed by atoms with Gasteiger partial charge in [0, 0.05) is 12.3 Å². The van der Waals surface area contributed by atoms with Crippen LogP contribution in [0.4, 0.5) is 0 Å². The first-order chi connectivity index (χ1) is 8.61. The molecule has 0 amide bonds. The van der Waals surface area contributed by atoms with Crippen molar-refractivity contribution in [1.29, 1.82) is 0 Å². The minimum Gasteiger partial charge on any atom is -0.465 e. The number of H-pyrrole nitrogens is 1. The molecule has 0 radical (unpaired) electrons. The zero-order valence-corrected chi connectivity index (χ0v) is 10.3. The summed E-state index contributed by atoms with van der Waals surface area (Å²) in [5.41, 5.74) is 1.76. The molecule has 0 atom stereocenters. The highest BCUT2D eigenvalue weighted by atomic mass is 35.5. The monoisotopic (exact) mass is 263 g/mol. The number of halogens is 1. The third-order valence-corrected chi connectivity index (χ3v) is 2.80. The quantitative estimate of drug-likeness (QED) is 0.847. The van der Waals surface area contributed by atoms with E-state index in [1.807, 2.05) is 0 Å². The number of hydrogen-bond donors (Lipinski definition) is 1. The molecule has 0 bridgehead atoms. The molecule has 2 aromatic rings. The van der Waals surface area contributed by atoms with Crippen molar-refractivity contribution in [2.75, 3.05) is 7.11 Å². The minimum atomic E-state index is -0.479. The number of benzene rings is 1. The molecule has 5 heteroatoms. The lowest BCUT2D eigenvalue weighted by Crippen LogP contribution is -2.03. The average molecular weight is 264 g/mol. The Morgan fingerprint density at radius 2 is 1.94 bits per heavy atom. The van der Waals surface area contributed by atoms with E-state index in [1.165, 1.54) is 13.2 Å². The van der Waals surface area contributed by atoms with Gasteiger partial charge in [-0.3, -0.25) is 4.79 Å². The number of hydrogen-bond acceptors (Lipinski definition) is 3. The van der Waals surface area contributed by atoms with Gasteiger partial charge in [0.05, 0.1) is 17.7 Å². The first kappa shape index (κ1) is 12.4. The van der Waals surface area contributed by atoms with Gasteiger partial charge in [0.15, 0.2) is 0 Å². The van der Waals surface area contributed by atoms with Crippen LogP contribution in [0.25, 0.3) is 11.1 Å². The van der Waals surface area contributed by atoms with Crippen molar-refractivity contribution in [3.8, 4) is 11.1 Å². The van der Waals surface area contributed by atoms with Crippen LogP contribution in [-0.2, 0) is 4.74 Å². The first-order valence-corrected chi connectivity index (χ1v) is 5.56. The summed E-state index contributed by atoms with van der Waals surface area (Å²) in [4.78, 5) is 24.9. The summed E-state index contributed by atoms with van der Waals surface area (Å²) < 4.78 is 4.61. The second-order valence-electron chi connectivity index (χ2n) is 3.63. The van der Waals surface area contributed by atoms with Crippen molar-refractivity contribution < 1.29 is 9.53 Å². The van der Waals surface area contributed by atoms with E-state index in [1.54, 1.807) is 30.5 Å². The van der Waals surface area contributed by atoms with Gasteiger partial charge in [0.1, 0.15) is 0 Å². The molecule has 1 heterocycles. The maximum atomic E-state index is 11.4. The fraction of sp³-hybridized carbons (Fsp3) is 0.0769. The lowest BCUT2D eigenvalue weighted by Gasteiger charge is -2.05. The molecule has 0 aliphatic heterocycles. The van der Waals surface area contributed by atoms with Gasteiger partial charge in [-0.2, -0.15) is 0 Å². The van der Waals surface area contributed by atoms with Crippen molar-refractivity contribution in [1.82, 2.24) is 4.98 Å². The number of carbonyl (C=O) groups excluding carboxylic acids is 1. The van der Waals surface area contributed by atoms with E-state index in [-0.39, 0.29) is 5.56 Å². The predicted molar refractivity (Wildman–Crippen MR) is 68.8 cm³/mol. The minimum absolute atomic E-state index is 0.170. The first-order valence-electron chi connectivity index (χ1n) is 5.19. The second kappa shape index (κ2) is 5.06. The van der Waals surface area contributed by atoms with E-state index >= 15 is 0 Å². The molecule has 1 aromatic carbocycles. The Bertz CT molecular complexity index is 628. The highest BCUT2D eigenvalue weighted by Crippen LogP contribution is 2.25. The third-order valence-electron chi connectivity index (χ3n) is 2.49. The molecule has 4 nitrogen and oxygen atoms in total. The molecule has 92 valence electrons. The van der Waals surface area contributed by atoms with Crippen molar-refractivity contribution in [3.63, 3.8) is 0 Å². The lowest BCUT2D eigenvalue weighted by molar-refractivity contribution is 0.0601. The maximum Gasteiger partial charge on any atom is 0.339 e. The Morgan fingerprint density at radius 3 is 2.50 bits per heavy atom. The van der Waals surface area contributed by atoms with Crippen molar-refractivity contribution in [2.45, 2.75) is 0 Å². The second-order valence-corrected chi connectivity index (χ2v) is 4.04. The summed E-state index contributed by atoms with van der Waals surface area (Å²) in [7, 11) is 1.30. The Labute approximate surface area is 108 Å². The van der Waals surface area contributed by atoms with Crippen LogP contribution < -0.4 is 5.56 Å². The zero-order valence-electron chi connectivity index (χ0n) is 9.57. The molecule has 1 N–H and O–H groups in total. The SMILES string of the molecule is COC(=O)c1ccc(-c2ccc(=O)[nH]c2)cc1Cl. The normalized spacial score (nSPS) is 10.1. The molecule has 2 rings (SSSR count). The number of pyridine rings is 1. The van der Waals surface area contributed by atoms with E-state index < -0.39 is 5.97 Å². The highest BCUT2D eigenvalue weighted by molar-refractivity contribution is 6.33. The number of aromatic nitrogens is 1. The topological polar surface area (TPSA) is 59.2 Å². The number of aromatic amines is 1.